The van der Waals surface area contributed by atoms with E-state index >= 15 is 0 Å². The van der Waals surface area contributed by atoms with Crippen LogP contribution in [0.25, 0.3) is 27.9 Å². The Labute approximate surface area is 198 Å². The van der Waals surface area contributed by atoms with Crippen molar-refractivity contribution < 1.29 is 4.42 Å². The molecule has 0 fully saturated rings. The van der Waals surface area contributed by atoms with Crippen molar-refractivity contribution >= 4 is 46.1 Å². The molecule has 5 rings (SSSR count). The van der Waals surface area contributed by atoms with E-state index in [9.17, 15) is 4.79 Å². The lowest BCUT2D eigenvalue weighted by molar-refractivity contribution is 0.563. The van der Waals surface area contributed by atoms with Gasteiger partial charge in [0.2, 0.25) is 0 Å². The summed E-state index contributed by atoms with van der Waals surface area (Å²) in [5, 5.41) is 10.8. The van der Waals surface area contributed by atoms with Crippen LogP contribution in [0.4, 0.5) is 5.69 Å². The number of nitrogens with zero attached hydrogens (tertiary/aromatic N) is 3. The highest BCUT2D eigenvalue weighted by Crippen LogP contribution is 2.26. The maximum atomic E-state index is 12.8. The summed E-state index contributed by atoms with van der Waals surface area (Å²) in [4.78, 5) is 12.8. The minimum absolute atomic E-state index is 0.339. The maximum absolute atomic E-state index is 12.8. The molecular formula is C25H16Cl2N4O2. The molecule has 0 atom stereocenters. The number of nitrogens with one attached hydrogen (secondary N) is 1. The second-order valence-electron chi connectivity index (χ2n) is 7.19. The molecule has 0 amide bonds. The third-order valence-electron chi connectivity index (χ3n) is 4.98. The molecule has 0 unspecified atom stereocenters. The molecule has 0 saturated carbocycles. The number of benzene rings is 3. The van der Waals surface area contributed by atoms with Crippen LogP contribution < -0.4 is 11.1 Å². The topological polar surface area (TPSA) is 72.4 Å². The van der Waals surface area contributed by atoms with Gasteiger partial charge in [-0.1, -0.05) is 59.6 Å². The van der Waals surface area contributed by atoms with E-state index in [1.807, 2.05) is 48.5 Å². The standard InChI is InChI=1S/C25H16Cl2N4O2/c26-18-10-11-21(27)22(13-18)29-28-14-17-15-31(19-7-2-1-3-8-19)30-24(17)20-12-16-6-4-5-9-23(16)33-25(20)32/h1-15,29H. The first kappa shape index (κ1) is 21.0. The van der Waals surface area contributed by atoms with Crippen molar-refractivity contribution in [2.75, 3.05) is 5.43 Å². The molecule has 0 saturated heterocycles. The first-order valence-electron chi connectivity index (χ1n) is 10.0. The van der Waals surface area contributed by atoms with Gasteiger partial charge < -0.3 is 4.42 Å². The van der Waals surface area contributed by atoms with E-state index in [1.54, 1.807) is 47.4 Å². The highest BCUT2D eigenvalue weighted by molar-refractivity contribution is 6.35. The van der Waals surface area contributed by atoms with Crippen LogP contribution in [0.1, 0.15) is 5.56 Å². The molecule has 5 aromatic rings. The second kappa shape index (κ2) is 8.94. The zero-order valence-electron chi connectivity index (χ0n) is 17.1. The lowest BCUT2D eigenvalue weighted by atomic mass is 10.1. The van der Waals surface area contributed by atoms with Crippen LogP contribution in [-0.4, -0.2) is 16.0 Å². The molecule has 6 nitrogen and oxygen atoms in total. The molecule has 0 radical (unpaired) electrons. The SMILES string of the molecule is O=c1oc2ccccc2cc1-c1nn(-c2ccccc2)cc1C=NNc1cc(Cl)ccc1Cl. The van der Waals surface area contributed by atoms with Crippen molar-refractivity contribution in [1.82, 2.24) is 9.78 Å². The van der Waals surface area contributed by atoms with E-state index in [1.165, 1.54) is 0 Å². The first-order chi connectivity index (χ1) is 16.1. The Kier molecular flexibility index (Phi) is 5.69. The number of halogens is 2. The first-order valence-corrected chi connectivity index (χ1v) is 10.8. The van der Waals surface area contributed by atoms with Crippen LogP contribution in [0.2, 0.25) is 10.0 Å². The number of anilines is 1. The fraction of sp³-hybridized carbons (Fsp3) is 0. The summed E-state index contributed by atoms with van der Waals surface area (Å²) in [5.41, 5.74) is 5.73. The smallest absolute Gasteiger partial charge is 0.345 e. The maximum Gasteiger partial charge on any atom is 0.345 e. The fourth-order valence-corrected chi connectivity index (χ4v) is 3.72. The second-order valence-corrected chi connectivity index (χ2v) is 8.04. The van der Waals surface area contributed by atoms with Crippen molar-refractivity contribution in [2.24, 2.45) is 5.10 Å². The molecule has 2 heterocycles. The Balaban J connectivity index is 1.59. The molecule has 1 N–H and O–H groups in total. The van der Waals surface area contributed by atoms with Gasteiger partial charge in [0, 0.05) is 22.2 Å². The summed E-state index contributed by atoms with van der Waals surface area (Å²) in [5.74, 6) is 0. The van der Waals surface area contributed by atoms with Crippen molar-refractivity contribution in [3.63, 3.8) is 0 Å². The highest BCUT2D eigenvalue weighted by atomic mass is 35.5. The van der Waals surface area contributed by atoms with Gasteiger partial charge in [-0.3, -0.25) is 5.43 Å². The van der Waals surface area contributed by atoms with Crippen LogP contribution in [0.5, 0.6) is 0 Å². The van der Waals surface area contributed by atoms with Gasteiger partial charge in [0.15, 0.2) is 0 Å². The summed E-state index contributed by atoms with van der Waals surface area (Å²) < 4.78 is 7.21. The number of aromatic nitrogens is 2. The monoisotopic (exact) mass is 474 g/mol. The molecule has 162 valence electrons. The van der Waals surface area contributed by atoms with Crippen LogP contribution in [0.15, 0.2) is 99.4 Å². The van der Waals surface area contributed by atoms with Gasteiger partial charge in [-0.15, -0.1) is 0 Å². The van der Waals surface area contributed by atoms with Gasteiger partial charge in [-0.2, -0.15) is 10.2 Å². The lowest BCUT2D eigenvalue weighted by Gasteiger charge is -2.03. The molecule has 0 spiro atoms. The Morgan fingerprint density at radius 2 is 1.76 bits per heavy atom. The molecule has 0 aliphatic heterocycles. The molecule has 0 bridgehead atoms. The Hall–Kier alpha value is -3.87. The number of para-hydroxylation sites is 2. The predicted molar refractivity (Wildman–Crippen MR) is 133 cm³/mol. The van der Waals surface area contributed by atoms with Gasteiger partial charge >= 0.3 is 5.63 Å². The van der Waals surface area contributed by atoms with E-state index in [2.05, 4.69) is 15.6 Å². The van der Waals surface area contributed by atoms with Crippen molar-refractivity contribution in [1.29, 1.82) is 0 Å². The summed E-state index contributed by atoms with van der Waals surface area (Å²) >= 11 is 12.2. The molecule has 0 aliphatic carbocycles. The van der Waals surface area contributed by atoms with Crippen molar-refractivity contribution in [3.05, 3.63) is 111 Å². The van der Waals surface area contributed by atoms with Crippen LogP contribution in [-0.2, 0) is 0 Å². The number of rotatable bonds is 5. The number of hydrazone groups is 1. The van der Waals surface area contributed by atoms with Crippen LogP contribution in [0.3, 0.4) is 0 Å². The van der Waals surface area contributed by atoms with Gasteiger partial charge in [0.25, 0.3) is 0 Å². The molecule has 33 heavy (non-hydrogen) atoms. The lowest BCUT2D eigenvalue weighted by Crippen LogP contribution is -2.05. The summed E-state index contributed by atoms with van der Waals surface area (Å²) in [6.45, 7) is 0. The Bertz CT molecular complexity index is 1540. The summed E-state index contributed by atoms with van der Waals surface area (Å²) in [6, 6.07) is 23.8. The van der Waals surface area contributed by atoms with Crippen molar-refractivity contribution in [2.45, 2.75) is 0 Å². The van der Waals surface area contributed by atoms with E-state index in [-0.39, 0.29) is 0 Å². The average Bonchev–Trinajstić information content (AvgIpc) is 3.25. The highest BCUT2D eigenvalue weighted by Gasteiger charge is 2.16. The molecule has 8 heteroatoms. The summed E-state index contributed by atoms with van der Waals surface area (Å²) in [6.07, 6.45) is 3.37. The Morgan fingerprint density at radius 1 is 0.970 bits per heavy atom. The molecule has 2 aromatic heterocycles. The van der Waals surface area contributed by atoms with Crippen LogP contribution >= 0.6 is 23.2 Å². The van der Waals surface area contributed by atoms with E-state index < -0.39 is 5.63 Å². The largest absolute Gasteiger partial charge is 0.422 e. The molecule has 0 aliphatic rings. The Morgan fingerprint density at radius 3 is 2.61 bits per heavy atom. The fourth-order valence-electron chi connectivity index (χ4n) is 3.39. The zero-order valence-corrected chi connectivity index (χ0v) is 18.6. The molecule has 3 aromatic carbocycles. The number of fused-ring (bicyclic) bond motifs is 1. The quantitative estimate of drug-likeness (QED) is 0.181. The van der Waals surface area contributed by atoms with E-state index in [0.717, 1.165) is 11.1 Å². The number of hydrogen-bond acceptors (Lipinski definition) is 5. The van der Waals surface area contributed by atoms with Crippen LogP contribution in [0, 0.1) is 0 Å². The summed E-state index contributed by atoms with van der Waals surface area (Å²) in [7, 11) is 0. The van der Waals surface area contributed by atoms with Gasteiger partial charge in [-0.05, 0) is 42.5 Å². The van der Waals surface area contributed by atoms with E-state index in [0.29, 0.717) is 38.1 Å². The van der Waals surface area contributed by atoms with Gasteiger partial charge in [0.05, 0.1) is 28.2 Å². The minimum atomic E-state index is -0.479. The van der Waals surface area contributed by atoms with Gasteiger partial charge in [-0.25, -0.2) is 9.48 Å². The minimum Gasteiger partial charge on any atom is -0.422 e. The average molecular weight is 475 g/mol. The molecular weight excluding hydrogens is 459 g/mol. The third-order valence-corrected chi connectivity index (χ3v) is 5.54. The third kappa shape index (κ3) is 4.39. The van der Waals surface area contributed by atoms with Gasteiger partial charge in [0.1, 0.15) is 11.3 Å². The predicted octanol–water partition coefficient (Wildman–Crippen LogP) is 6.40. The van der Waals surface area contributed by atoms with E-state index in [4.69, 9.17) is 27.6 Å². The zero-order chi connectivity index (χ0) is 22.8. The van der Waals surface area contributed by atoms with Crippen molar-refractivity contribution in [3.8, 4) is 16.9 Å². The number of hydrogen-bond donors (Lipinski definition) is 1. The normalized spacial score (nSPS) is 11.3.